The molecule has 20 heavy (non-hydrogen) atoms. The van der Waals surface area contributed by atoms with E-state index in [2.05, 4.69) is 54.6 Å². The van der Waals surface area contributed by atoms with Crippen molar-refractivity contribution in [2.45, 2.75) is 10.1 Å². The Labute approximate surface area is 119 Å². The van der Waals surface area contributed by atoms with Crippen LogP contribution in [0, 0.1) is 0 Å². The molecule has 0 unspecified atom stereocenters. The summed E-state index contributed by atoms with van der Waals surface area (Å²) in [6.45, 7) is 0. The third kappa shape index (κ3) is 12.3. The average Bonchev–Trinajstić information content (AvgIpc) is 2.76. The van der Waals surface area contributed by atoms with Crippen molar-refractivity contribution in [3.05, 3.63) is 60.2 Å². The number of benzene rings is 1. The molecule has 0 atom stereocenters. The molecule has 0 bridgehead atoms. The fourth-order valence-corrected chi connectivity index (χ4v) is 2.55. The van der Waals surface area contributed by atoms with E-state index in [-0.39, 0.29) is 0 Å². The molecule has 1 aromatic rings. The summed E-state index contributed by atoms with van der Waals surface area (Å²) in [6, 6.07) is 10.7. The first kappa shape index (κ1) is 17.3. The van der Waals surface area contributed by atoms with Crippen LogP contribution in [0.3, 0.4) is 0 Å². The SMILES string of the molecule is C1=C[CH]([Fe][CH2]c2ccccc2)C=C1.F[P-](F)(F)(F)(F)F. The predicted molar refractivity (Wildman–Crippen MR) is 65.7 cm³/mol. The van der Waals surface area contributed by atoms with Crippen LogP contribution in [0.15, 0.2) is 54.6 Å². The van der Waals surface area contributed by atoms with E-state index in [9.17, 15) is 25.2 Å². The Morgan fingerprint density at radius 3 is 1.75 bits per heavy atom. The maximum atomic E-state index is 9.87. The summed E-state index contributed by atoms with van der Waals surface area (Å²) in [4.78, 5) is 0.667. The molecule has 0 radical (unpaired) electrons. The Kier molecular flexibility index (Phi) is 4.79. The summed E-state index contributed by atoms with van der Waals surface area (Å²) in [6.07, 6.45) is 8.80. The first-order valence-corrected chi connectivity index (χ1v) is 8.85. The minimum atomic E-state index is -10.7. The Balaban J connectivity index is 0.000000246. The molecule has 0 saturated carbocycles. The van der Waals surface area contributed by atoms with Crippen molar-refractivity contribution in [2.24, 2.45) is 0 Å². The number of allylic oxidation sites excluding steroid dienone is 4. The topological polar surface area (TPSA) is 0 Å². The van der Waals surface area contributed by atoms with Crippen LogP contribution in [0.2, 0.25) is 4.82 Å². The summed E-state index contributed by atoms with van der Waals surface area (Å²) in [5.74, 6) is 0. The number of halogens is 6. The van der Waals surface area contributed by atoms with E-state index in [0.717, 1.165) is 0 Å². The van der Waals surface area contributed by atoms with E-state index in [0.29, 0.717) is 4.82 Å². The fraction of sp³-hybridized carbons (Fsp3) is 0.167. The van der Waals surface area contributed by atoms with Gasteiger partial charge in [0.1, 0.15) is 0 Å². The molecule has 0 N–H and O–H groups in total. The zero-order valence-corrected chi connectivity index (χ0v) is 12.0. The second-order valence-electron chi connectivity index (χ2n) is 3.91. The van der Waals surface area contributed by atoms with Crippen LogP contribution in [-0.4, -0.2) is 0 Å². The molecule has 0 aliphatic heterocycles. The molecular weight excluding hydrogens is 345 g/mol. The molecular formula is C12H12F6FeP-. The van der Waals surface area contributed by atoms with Gasteiger partial charge in [-0.05, 0) is 0 Å². The van der Waals surface area contributed by atoms with Crippen LogP contribution < -0.4 is 0 Å². The van der Waals surface area contributed by atoms with Crippen molar-refractivity contribution < 1.29 is 40.1 Å². The van der Waals surface area contributed by atoms with Gasteiger partial charge in [0, 0.05) is 0 Å². The number of rotatable bonds is 3. The van der Waals surface area contributed by atoms with Gasteiger partial charge in [-0.2, -0.15) is 0 Å². The standard InChI is InChI=1S/C7H7.C5H5.F6P.Fe/c1-7-5-3-2-4-6-7;1-2-4-5-3-1;1-7(2,3,4,5)6;/h2-6H,1H2;1-5H;;/q;;-1;. The quantitative estimate of drug-likeness (QED) is 0.326. The second-order valence-corrected chi connectivity index (χ2v) is 7.41. The summed E-state index contributed by atoms with van der Waals surface area (Å²) in [7, 11) is -10.7. The van der Waals surface area contributed by atoms with Gasteiger partial charge in [-0.3, -0.25) is 0 Å². The van der Waals surface area contributed by atoms with Crippen LogP contribution in [0.5, 0.6) is 0 Å². The molecule has 0 saturated heterocycles. The molecule has 8 heteroatoms. The van der Waals surface area contributed by atoms with Gasteiger partial charge in [-0.25, -0.2) is 0 Å². The van der Waals surface area contributed by atoms with Crippen LogP contribution in [0.25, 0.3) is 0 Å². The van der Waals surface area contributed by atoms with E-state index in [1.54, 1.807) is 0 Å². The van der Waals surface area contributed by atoms with Crippen LogP contribution in [0.4, 0.5) is 25.2 Å². The van der Waals surface area contributed by atoms with Crippen molar-refractivity contribution in [3.63, 3.8) is 0 Å². The third-order valence-electron chi connectivity index (χ3n) is 1.92. The maximum absolute atomic E-state index is 10.7. The number of hydrogen-bond acceptors (Lipinski definition) is 0. The van der Waals surface area contributed by atoms with Gasteiger partial charge < -0.3 is 0 Å². The van der Waals surface area contributed by atoms with E-state index in [1.165, 1.54) is 25.8 Å². The third-order valence-corrected chi connectivity index (χ3v) is 3.54. The Hall–Kier alpha value is -0.771. The van der Waals surface area contributed by atoms with Gasteiger partial charge in [0.2, 0.25) is 0 Å². The van der Waals surface area contributed by atoms with E-state index in [4.69, 9.17) is 0 Å². The Morgan fingerprint density at radius 1 is 0.850 bits per heavy atom. The van der Waals surface area contributed by atoms with Gasteiger partial charge >= 0.3 is 118 Å². The molecule has 116 valence electrons. The van der Waals surface area contributed by atoms with Crippen molar-refractivity contribution in [3.8, 4) is 0 Å². The Morgan fingerprint density at radius 2 is 1.30 bits per heavy atom. The monoisotopic (exact) mass is 357 g/mol. The molecule has 0 spiro atoms. The van der Waals surface area contributed by atoms with Gasteiger partial charge in [-0.15, -0.1) is 0 Å². The van der Waals surface area contributed by atoms with Gasteiger partial charge in [-0.1, -0.05) is 0 Å². The molecule has 1 aromatic carbocycles. The first-order valence-electron chi connectivity index (χ1n) is 5.40. The second kappa shape index (κ2) is 5.55. The fourth-order valence-electron chi connectivity index (χ4n) is 1.22. The molecule has 0 nitrogen and oxygen atoms in total. The van der Waals surface area contributed by atoms with Crippen LogP contribution in [-0.2, 0) is 20.3 Å². The molecule has 0 heterocycles. The van der Waals surface area contributed by atoms with Gasteiger partial charge in [0.15, 0.2) is 0 Å². The molecule has 0 amide bonds. The molecule has 2 rings (SSSR count). The first-order chi connectivity index (χ1) is 8.90. The van der Waals surface area contributed by atoms with Crippen molar-refractivity contribution in [2.75, 3.05) is 0 Å². The summed E-state index contributed by atoms with van der Waals surface area (Å²) < 4.78 is 59.2. The minimum absolute atomic E-state index is 0.667. The number of hydrogen-bond donors (Lipinski definition) is 0. The van der Waals surface area contributed by atoms with Crippen LogP contribution >= 0.6 is 7.81 Å². The van der Waals surface area contributed by atoms with Gasteiger partial charge in [0.05, 0.1) is 0 Å². The summed E-state index contributed by atoms with van der Waals surface area (Å²) in [5.41, 5.74) is 1.44. The van der Waals surface area contributed by atoms with Crippen molar-refractivity contribution in [1.82, 2.24) is 0 Å². The molecule has 1 aliphatic rings. The van der Waals surface area contributed by atoms with Crippen molar-refractivity contribution in [1.29, 1.82) is 0 Å². The average molecular weight is 357 g/mol. The summed E-state index contributed by atoms with van der Waals surface area (Å²) >= 11 is 1.23. The zero-order valence-electron chi connectivity index (χ0n) is 10.0. The van der Waals surface area contributed by atoms with Gasteiger partial charge in [0.25, 0.3) is 0 Å². The van der Waals surface area contributed by atoms with E-state index < -0.39 is 7.81 Å². The zero-order chi connectivity index (χ0) is 15.3. The van der Waals surface area contributed by atoms with E-state index >= 15 is 0 Å². The normalized spacial score (nSPS) is 18.3. The van der Waals surface area contributed by atoms with E-state index in [1.807, 2.05) is 0 Å². The predicted octanol–water partition coefficient (Wildman–Crippen LogP) is 6.57. The Bertz CT molecular complexity index is 467. The molecule has 0 aromatic heterocycles. The molecule has 0 fully saturated rings. The summed E-state index contributed by atoms with van der Waals surface area (Å²) in [5, 5.41) is 1.18. The van der Waals surface area contributed by atoms with Crippen LogP contribution in [0.1, 0.15) is 5.56 Å². The van der Waals surface area contributed by atoms with Crippen molar-refractivity contribution >= 4 is 7.81 Å². The molecule has 1 aliphatic carbocycles.